The summed E-state index contributed by atoms with van der Waals surface area (Å²) in [6.07, 6.45) is 2.46. The van der Waals surface area contributed by atoms with Crippen LogP contribution >= 0.6 is 15.9 Å². The van der Waals surface area contributed by atoms with Gasteiger partial charge in [0.05, 0.1) is 6.26 Å². The second-order valence-corrected chi connectivity index (χ2v) is 5.09. The van der Waals surface area contributed by atoms with Crippen LogP contribution in [0.15, 0.2) is 45.5 Å². The van der Waals surface area contributed by atoms with Crippen molar-refractivity contribution < 1.29 is 8.81 Å². The van der Waals surface area contributed by atoms with Crippen LogP contribution in [0.4, 0.5) is 4.39 Å². The molecule has 0 saturated heterocycles. The summed E-state index contributed by atoms with van der Waals surface area (Å²) in [6.45, 7) is 2.71. The molecule has 0 radical (unpaired) electrons. The fraction of sp³-hybridized carbons (Fsp3) is 0.286. The average Bonchev–Trinajstić information content (AvgIpc) is 2.81. The first-order valence-electron chi connectivity index (χ1n) is 5.87. The minimum atomic E-state index is -0.192. The van der Waals surface area contributed by atoms with Gasteiger partial charge in [0, 0.05) is 29.0 Å². The molecule has 1 unspecified atom stereocenters. The monoisotopic (exact) mass is 311 g/mol. The van der Waals surface area contributed by atoms with Crippen LogP contribution in [0, 0.1) is 5.82 Å². The molecule has 0 aliphatic heterocycles. The summed E-state index contributed by atoms with van der Waals surface area (Å²) in [5.41, 5.74) is 0.678. The maximum atomic E-state index is 13.7. The Hall–Kier alpha value is -1.13. The molecule has 0 amide bonds. The first kappa shape index (κ1) is 13.3. The van der Waals surface area contributed by atoms with E-state index >= 15 is 0 Å². The molecule has 2 aromatic rings. The lowest BCUT2D eigenvalue weighted by Gasteiger charge is -2.14. The van der Waals surface area contributed by atoms with Gasteiger partial charge in [-0.15, -0.1) is 0 Å². The quantitative estimate of drug-likeness (QED) is 0.900. The number of benzene rings is 1. The Labute approximate surface area is 114 Å². The van der Waals surface area contributed by atoms with Crippen LogP contribution in [0.5, 0.6) is 0 Å². The van der Waals surface area contributed by atoms with Gasteiger partial charge in [0.2, 0.25) is 0 Å². The number of halogens is 2. The number of hydrogen-bond acceptors (Lipinski definition) is 2. The third kappa shape index (κ3) is 3.43. The van der Waals surface area contributed by atoms with Crippen LogP contribution in [0.3, 0.4) is 0 Å². The predicted octanol–water partition coefficient (Wildman–Crippen LogP) is 4.07. The van der Waals surface area contributed by atoms with Gasteiger partial charge in [-0.05, 0) is 31.2 Å². The van der Waals surface area contributed by atoms with E-state index in [0.29, 0.717) is 5.56 Å². The normalized spacial score (nSPS) is 12.6. The largest absolute Gasteiger partial charge is 0.469 e. The molecule has 1 aromatic heterocycles. The molecule has 0 saturated carbocycles. The summed E-state index contributed by atoms with van der Waals surface area (Å²) < 4.78 is 19.7. The predicted molar refractivity (Wildman–Crippen MR) is 72.9 cm³/mol. The van der Waals surface area contributed by atoms with Gasteiger partial charge in [-0.3, -0.25) is 0 Å². The molecule has 0 fully saturated rings. The SMILES string of the molecule is CC(NCCc1ccco1)c1ccc(Br)cc1F. The number of nitrogens with one attached hydrogen (secondary N) is 1. The van der Waals surface area contributed by atoms with E-state index in [1.807, 2.05) is 25.1 Å². The molecule has 1 heterocycles. The molecule has 2 rings (SSSR count). The van der Waals surface area contributed by atoms with Crippen molar-refractivity contribution in [1.29, 1.82) is 0 Å². The van der Waals surface area contributed by atoms with Crippen molar-refractivity contribution in [2.45, 2.75) is 19.4 Å². The first-order chi connectivity index (χ1) is 8.66. The summed E-state index contributed by atoms with van der Waals surface area (Å²) in [6, 6.07) is 8.92. The maximum Gasteiger partial charge on any atom is 0.129 e. The van der Waals surface area contributed by atoms with E-state index in [9.17, 15) is 4.39 Å². The fourth-order valence-corrected chi connectivity index (χ4v) is 2.16. The number of furan rings is 1. The third-order valence-electron chi connectivity index (χ3n) is 2.83. The lowest BCUT2D eigenvalue weighted by Crippen LogP contribution is -2.22. The van der Waals surface area contributed by atoms with E-state index < -0.39 is 0 Å². The van der Waals surface area contributed by atoms with Gasteiger partial charge in [-0.25, -0.2) is 4.39 Å². The van der Waals surface area contributed by atoms with Gasteiger partial charge in [-0.2, -0.15) is 0 Å². The van der Waals surface area contributed by atoms with E-state index in [2.05, 4.69) is 21.2 Å². The Morgan fingerprint density at radius 1 is 1.39 bits per heavy atom. The van der Waals surface area contributed by atoms with Crippen molar-refractivity contribution in [1.82, 2.24) is 5.32 Å². The highest BCUT2D eigenvalue weighted by molar-refractivity contribution is 9.10. The van der Waals surface area contributed by atoms with Crippen molar-refractivity contribution in [3.63, 3.8) is 0 Å². The van der Waals surface area contributed by atoms with Crippen LogP contribution in [0.1, 0.15) is 24.3 Å². The van der Waals surface area contributed by atoms with Crippen LogP contribution in [0.2, 0.25) is 0 Å². The molecule has 1 atom stereocenters. The highest BCUT2D eigenvalue weighted by atomic mass is 79.9. The minimum absolute atomic E-state index is 0.0203. The first-order valence-corrected chi connectivity index (χ1v) is 6.67. The average molecular weight is 312 g/mol. The highest BCUT2D eigenvalue weighted by Crippen LogP contribution is 2.20. The van der Waals surface area contributed by atoms with Gasteiger partial charge in [0.15, 0.2) is 0 Å². The standard InChI is InChI=1S/C14H15BrFNO/c1-10(13-5-4-11(15)9-14(13)16)17-7-6-12-3-2-8-18-12/h2-5,8-10,17H,6-7H2,1H3. The van der Waals surface area contributed by atoms with E-state index in [-0.39, 0.29) is 11.9 Å². The van der Waals surface area contributed by atoms with Gasteiger partial charge in [0.25, 0.3) is 0 Å². The smallest absolute Gasteiger partial charge is 0.129 e. The molecule has 18 heavy (non-hydrogen) atoms. The van der Waals surface area contributed by atoms with E-state index in [4.69, 9.17) is 4.42 Å². The van der Waals surface area contributed by atoms with Crippen LogP contribution < -0.4 is 5.32 Å². The molecule has 1 N–H and O–H groups in total. The molecule has 96 valence electrons. The van der Waals surface area contributed by atoms with Crippen molar-refractivity contribution in [3.05, 3.63) is 58.2 Å². The summed E-state index contributed by atoms with van der Waals surface area (Å²) in [5, 5.41) is 3.28. The van der Waals surface area contributed by atoms with Gasteiger partial charge >= 0.3 is 0 Å². The van der Waals surface area contributed by atoms with Crippen molar-refractivity contribution in [3.8, 4) is 0 Å². The van der Waals surface area contributed by atoms with Gasteiger partial charge in [-0.1, -0.05) is 22.0 Å². The number of rotatable bonds is 5. The van der Waals surface area contributed by atoms with Crippen molar-refractivity contribution in [2.24, 2.45) is 0 Å². The molecule has 0 aliphatic carbocycles. The summed E-state index contributed by atoms with van der Waals surface area (Å²) in [5.74, 6) is 0.744. The van der Waals surface area contributed by atoms with Crippen LogP contribution in [-0.4, -0.2) is 6.54 Å². The maximum absolute atomic E-state index is 13.7. The number of hydrogen-bond donors (Lipinski definition) is 1. The zero-order valence-electron chi connectivity index (χ0n) is 10.1. The Kier molecular flexibility index (Phi) is 4.55. The van der Waals surface area contributed by atoms with E-state index in [1.165, 1.54) is 6.07 Å². The van der Waals surface area contributed by atoms with Gasteiger partial charge < -0.3 is 9.73 Å². The fourth-order valence-electron chi connectivity index (χ4n) is 1.83. The second-order valence-electron chi connectivity index (χ2n) is 4.17. The zero-order valence-corrected chi connectivity index (χ0v) is 11.7. The third-order valence-corrected chi connectivity index (χ3v) is 3.32. The Balaban J connectivity index is 1.89. The lowest BCUT2D eigenvalue weighted by atomic mass is 10.1. The highest BCUT2D eigenvalue weighted by Gasteiger charge is 2.10. The van der Waals surface area contributed by atoms with Crippen LogP contribution in [-0.2, 0) is 6.42 Å². The molecule has 0 bridgehead atoms. The minimum Gasteiger partial charge on any atom is -0.469 e. The lowest BCUT2D eigenvalue weighted by molar-refractivity contribution is 0.479. The molecule has 2 nitrogen and oxygen atoms in total. The van der Waals surface area contributed by atoms with E-state index in [1.54, 1.807) is 12.3 Å². The van der Waals surface area contributed by atoms with E-state index in [0.717, 1.165) is 23.2 Å². The topological polar surface area (TPSA) is 25.2 Å². The van der Waals surface area contributed by atoms with Gasteiger partial charge in [0.1, 0.15) is 11.6 Å². The van der Waals surface area contributed by atoms with Crippen molar-refractivity contribution in [2.75, 3.05) is 6.54 Å². The molecule has 0 aliphatic rings. The Morgan fingerprint density at radius 2 is 2.22 bits per heavy atom. The van der Waals surface area contributed by atoms with Crippen molar-refractivity contribution >= 4 is 15.9 Å². The summed E-state index contributed by atoms with van der Waals surface area (Å²) in [7, 11) is 0. The zero-order chi connectivity index (χ0) is 13.0. The molecular weight excluding hydrogens is 297 g/mol. The Bertz CT molecular complexity index is 499. The summed E-state index contributed by atoms with van der Waals surface area (Å²) >= 11 is 3.25. The molecule has 0 spiro atoms. The molecular formula is C14H15BrFNO. The second kappa shape index (κ2) is 6.16. The molecule has 4 heteroatoms. The summed E-state index contributed by atoms with van der Waals surface area (Å²) in [4.78, 5) is 0. The molecule has 1 aromatic carbocycles. The van der Waals surface area contributed by atoms with Crippen LogP contribution in [0.25, 0.3) is 0 Å². The Morgan fingerprint density at radius 3 is 2.89 bits per heavy atom.